The summed E-state index contributed by atoms with van der Waals surface area (Å²) in [6.45, 7) is 5.88. The van der Waals surface area contributed by atoms with Gasteiger partial charge in [0.25, 0.3) is 11.5 Å². The Bertz CT molecular complexity index is 1120. The molecule has 10 heteroatoms. The Morgan fingerprint density at radius 3 is 2.90 bits per heavy atom. The monoisotopic (exact) mass is 430 g/mol. The van der Waals surface area contributed by atoms with Gasteiger partial charge in [-0.1, -0.05) is 36.1 Å². The molecule has 0 aliphatic carbocycles. The number of hydrogen-bond acceptors (Lipinski definition) is 7. The van der Waals surface area contributed by atoms with Crippen molar-refractivity contribution in [1.82, 2.24) is 14.3 Å². The predicted octanol–water partition coefficient (Wildman–Crippen LogP) is 2.28. The minimum absolute atomic E-state index is 0.0208. The van der Waals surface area contributed by atoms with Crippen LogP contribution in [0.1, 0.15) is 17.5 Å². The molecule has 2 N–H and O–H groups in total. The second-order valence-corrected chi connectivity index (χ2v) is 7.89. The summed E-state index contributed by atoms with van der Waals surface area (Å²) in [5.41, 5.74) is 1.22. The first-order valence-corrected chi connectivity index (χ1v) is 9.90. The molecule has 1 aliphatic heterocycles. The first-order valence-electron chi connectivity index (χ1n) is 8.67. The molecule has 29 heavy (non-hydrogen) atoms. The van der Waals surface area contributed by atoms with Gasteiger partial charge in [0.15, 0.2) is 0 Å². The van der Waals surface area contributed by atoms with Crippen molar-refractivity contribution in [2.45, 2.75) is 13.3 Å². The lowest BCUT2D eigenvalue weighted by Gasteiger charge is -2.12. The summed E-state index contributed by atoms with van der Waals surface area (Å²) in [5.74, 6) is -1.11. The molecule has 3 heterocycles. The minimum Gasteiger partial charge on any atom is -0.481 e. The number of rotatable bonds is 7. The van der Waals surface area contributed by atoms with E-state index in [2.05, 4.69) is 16.9 Å². The fraction of sp³-hybridized carbons (Fsp3) is 0.211. The molecule has 3 rings (SSSR count). The van der Waals surface area contributed by atoms with Crippen LogP contribution in [0.2, 0.25) is 0 Å². The number of anilines is 1. The number of carbonyl (C=O) groups is 2. The zero-order valence-corrected chi connectivity index (χ0v) is 17.2. The molecule has 8 nitrogen and oxygen atoms in total. The molecule has 0 atom stereocenters. The molecule has 0 saturated carbocycles. The number of carbonyl (C=O) groups excluding carboxylic acids is 1. The number of pyridine rings is 1. The van der Waals surface area contributed by atoms with Crippen LogP contribution in [-0.4, -0.2) is 48.7 Å². The number of nitrogens with zero attached hydrogens (tertiary/aromatic N) is 3. The van der Waals surface area contributed by atoms with Crippen LogP contribution in [0.5, 0.6) is 0 Å². The van der Waals surface area contributed by atoms with Gasteiger partial charge in [0.1, 0.15) is 15.8 Å². The molecule has 0 bridgehead atoms. The Kier molecular flexibility index (Phi) is 6.14. The normalized spacial score (nSPS) is 15.3. The van der Waals surface area contributed by atoms with E-state index in [1.54, 1.807) is 18.3 Å². The van der Waals surface area contributed by atoms with Crippen molar-refractivity contribution < 1.29 is 14.7 Å². The van der Waals surface area contributed by atoms with Gasteiger partial charge in [-0.3, -0.25) is 23.7 Å². The van der Waals surface area contributed by atoms with E-state index in [9.17, 15) is 14.4 Å². The molecular weight excluding hydrogens is 412 g/mol. The maximum absolute atomic E-state index is 13.1. The number of thioether (sulfide) groups is 1. The molecule has 1 amide bonds. The van der Waals surface area contributed by atoms with Crippen LogP contribution in [-0.2, 0) is 9.59 Å². The largest absolute Gasteiger partial charge is 0.481 e. The zero-order chi connectivity index (χ0) is 21.1. The number of amides is 1. The van der Waals surface area contributed by atoms with Gasteiger partial charge in [0, 0.05) is 19.3 Å². The molecule has 1 fully saturated rings. The molecular formula is C19H18N4O4S2. The van der Waals surface area contributed by atoms with Crippen LogP contribution in [0.3, 0.4) is 0 Å². The van der Waals surface area contributed by atoms with Crippen molar-refractivity contribution in [1.29, 1.82) is 0 Å². The van der Waals surface area contributed by atoms with E-state index >= 15 is 0 Å². The predicted molar refractivity (Wildman–Crippen MR) is 117 cm³/mol. The van der Waals surface area contributed by atoms with Crippen LogP contribution in [0.15, 0.2) is 40.7 Å². The Morgan fingerprint density at radius 1 is 1.45 bits per heavy atom. The smallest absolute Gasteiger partial charge is 0.305 e. The highest BCUT2D eigenvalue weighted by atomic mass is 32.2. The SMILES string of the molecule is C=CCNc1nc2c(C)cccn2c(=O)c1/C=C1\SC(=S)N(CCC(=O)O)C1=O. The van der Waals surface area contributed by atoms with E-state index in [0.717, 1.165) is 17.3 Å². The van der Waals surface area contributed by atoms with Crippen LogP contribution >= 0.6 is 24.0 Å². The standard InChI is InChI=1S/C19H18N4O4S2/c1-3-7-20-15-12(17(26)22-8-4-5-11(2)16(22)21-15)10-13-18(27)23(19(28)29-13)9-6-14(24)25/h3-5,8,10,20H,1,6-7,9H2,2H3,(H,24,25)/b13-10-. The van der Waals surface area contributed by atoms with Crippen LogP contribution in [0, 0.1) is 6.92 Å². The maximum atomic E-state index is 13.1. The minimum atomic E-state index is -1.02. The number of thiocarbonyl (C=S) groups is 1. The van der Waals surface area contributed by atoms with Gasteiger partial charge in [0.05, 0.1) is 16.9 Å². The molecule has 0 spiro atoms. The van der Waals surface area contributed by atoms with Crippen molar-refractivity contribution in [2.75, 3.05) is 18.4 Å². The maximum Gasteiger partial charge on any atom is 0.305 e. The molecule has 0 aromatic carbocycles. The first-order chi connectivity index (χ1) is 13.8. The summed E-state index contributed by atoms with van der Waals surface area (Å²) in [6.07, 6.45) is 4.49. The lowest BCUT2D eigenvalue weighted by Crippen LogP contribution is -2.30. The molecule has 2 aromatic heterocycles. The molecule has 150 valence electrons. The highest BCUT2D eigenvalue weighted by Gasteiger charge is 2.32. The third-order valence-corrected chi connectivity index (χ3v) is 5.57. The van der Waals surface area contributed by atoms with E-state index in [4.69, 9.17) is 17.3 Å². The fourth-order valence-corrected chi connectivity index (χ4v) is 4.07. The molecule has 2 aromatic rings. The first kappa shape index (κ1) is 20.7. The van der Waals surface area contributed by atoms with Gasteiger partial charge < -0.3 is 10.4 Å². The second-order valence-electron chi connectivity index (χ2n) is 6.21. The molecule has 0 radical (unpaired) electrons. The van der Waals surface area contributed by atoms with E-state index in [1.165, 1.54) is 15.4 Å². The number of carboxylic acids is 1. The zero-order valence-electron chi connectivity index (χ0n) is 15.5. The number of aromatic nitrogens is 2. The second kappa shape index (κ2) is 8.58. The van der Waals surface area contributed by atoms with Gasteiger partial charge >= 0.3 is 5.97 Å². The Labute approximate surface area is 175 Å². The highest BCUT2D eigenvalue weighted by Crippen LogP contribution is 2.33. The van der Waals surface area contributed by atoms with E-state index in [-0.39, 0.29) is 33.3 Å². The fourth-order valence-electron chi connectivity index (χ4n) is 2.78. The third-order valence-electron chi connectivity index (χ3n) is 4.20. The number of nitrogens with one attached hydrogen (secondary N) is 1. The number of hydrogen-bond donors (Lipinski definition) is 2. The average molecular weight is 431 g/mol. The molecule has 1 saturated heterocycles. The van der Waals surface area contributed by atoms with Crippen molar-refractivity contribution >= 4 is 57.7 Å². The summed E-state index contributed by atoms with van der Waals surface area (Å²) in [4.78, 5) is 42.6. The van der Waals surface area contributed by atoms with Crippen molar-refractivity contribution in [2.24, 2.45) is 0 Å². The summed E-state index contributed by atoms with van der Waals surface area (Å²) >= 11 is 6.23. The van der Waals surface area contributed by atoms with Gasteiger partial charge in [-0.15, -0.1) is 6.58 Å². The van der Waals surface area contributed by atoms with E-state index in [1.807, 2.05) is 13.0 Å². The Balaban J connectivity index is 2.09. The van der Waals surface area contributed by atoms with Crippen molar-refractivity contribution in [3.05, 3.63) is 57.4 Å². The van der Waals surface area contributed by atoms with E-state index in [0.29, 0.717) is 18.0 Å². The van der Waals surface area contributed by atoms with Gasteiger partial charge in [-0.25, -0.2) is 4.98 Å². The summed E-state index contributed by atoms with van der Waals surface area (Å²) in [5, 5.41) is 11.9. The van der Waals surface area contributed by atoms with Gasteiger partial charge in [-0.2, -0.15) is 0 Å². The van der Waals surface area contributed by atoms with Crippen LogP contribution < -0.4 is 10.9 Å². The summed E-state index contributed by atoms with van der Waals surface area (Å²) in [6, 6.07) is 3.60. The highest BCUT2D eigenvalue weighted by molar-refractivity contribution is 8.26. The van der Waals surface area contributed by atoms with Crippen molar-refractivity contribution in [3.63, 3.8) is 0 Å². The lowest BCUT2D eigenvalue weighted by molar-refractivity contribution is -0.137. The van der Waals surface area contributed by atoms with Crippen LogP contribution in [0.4, 0.5) is 5.82 Å². The molecule has 1 aliphatic rings. The number of carboxylic acid groups (broad SMARTS) is 1. The Morgan fingerprint density at radius 2 is 2.21 bits per heavy atom. The van der Waals surface area contributed by atoms with Crippen LogP contribution in [0.25, 0.3) is 11.7 Å². The lowest BCUT2D eigenvalue weighted by atomic mass is 10.2. The third kappa shape index (κ3) is 4.22. The van der Waals surface area contributed by atoms with Gasteiger partial charge in [-0.05, 0) is 24.6 Å². The van der Waals surface area contributed by atoms with Gasteiger partial charge in [0.2, 0.25) is 0 Å². The molecule has 0 unspecified atom stereocenters. The number of aryl methyl sites for hydroxylation is 1. The summed E-state index contributed by atoms with van der Waals surface area (Å²) < 4.78 is 1.68. The van der Waals surface area contributed by atoms with Crippen molar-refractivity contribution in [3.8, 4) is 0 Å². The quantitative estimate of drug-likeness (QED) is 0.392. The topological polar surface area (TPSA) is 104 Å². The average Bonchev–Trinajstić information content (AvgIpc) is 2.94. The Hall–Kier alpha value is -2.98. The number of aliphatic carboxylic acids is 1. The number of fused-ring (bicyclic) bond motifs is 1. The summed E-state index contributed by atoms with van der Waals surface area (Å²) in [7, 11) is 0. The van der Waals surface area contributed by atoms with E-state index < -0.39 is 11.9 Å².